The number of nitrogens with zero attached hydrogens (tertiary/aromatic N) is 4. The third-order valence-electron chi connectivity index (χ3n) is 4.78. The molecule has 126 valence electrons. The smallest absolute Gasteiger partial charge is 0.410 e. The van der Waals surface area contributed by atoms with Gasteiger partial charge in [0.25, 0.3) is 0 Å². The van der Waals surface area contributed by atoms with Crippen molar-refractivity contribution in [2.24, 2.45) is 7.05 Å². The maximum atomic E-state index is 12.2. The zero-order valence-corrected chi connectivity index (χ0v) is 13.3. The molecule has 1 aromatic heterocycles. The van der Waals surface area contributed by atoms with Crippen LogP contribution in [0.1, 0.15) is 60.6 Å². The topological polar surface area (TPSA) is 97.5 Å². The molecule has 2 fully saturated rings. The number of ether oxygens (including phenoxy) is 1. The van der Waals surface area contributed by atoms with Crippen molar-refractivity contribution in [1.29, 1.82) is 0 Å². The quantitative estimate of drug-likeness (QED) is 0.911. The van der Waals surface area contributed by atoms with Crippen LogP contribution in [0.4, 0.5) is 4.79 Å². The van der Waals surface area contributed by atoms with E-state index in [1.807, 2.05) is 0 Å². The van der Waals surface area contributed by atoms with Gasteiger partial charge in [0.05, 0.1) is 5.69 Å². The van der Waals surface area contributed by atoms with Crippen LogP contribution in [0.15, 0.2) is 0 Å². The fourth-order valence-corrected chi connectivity index (χ4v) is 3.53. The van der Waals surface area contributed by atoms with E-state index in [9.17, 15) is 14.7 Å². The first kappa shape index (κ1) is 15.8. The Balaban J connectivity index is 1.59. The zero-order chi connectivity index (χ0) is 16.4. The molecule has 1 aliphatic carbocycles. The summed E-state index contributed by atoms with van der Waals surface area (Å²) in [6.07, 6.45) is 5.41. The van der Waals surface area contributed by atoms with Crippen LogP contribution in [-0.2, 0) is 11.8 Å². The SMILES string of the molecule is Cn1nnc(C(=O)O)c1C1CCN(C(=O)OC2CCCC2)CC1. The number of hydrogen-bond acceptors (Lipinski definition) is 5. The average Bonchev–Trinajstić information content (AvgIpc) is 3.17. The molecule has 2 aliphatic rings. The lowest BCUT2D eigenvalue weighted by atomic mass is 9.92. The molecule has 3 rings (SSSR count). The van der Waals surface area contributed by atoms with Crippen molar-refractivity contribution in [3.63, 3.8) is 0 Å². The van der Waals surface area contributed by atoms with Crippen molar-refractivity contribution in [3.8, 4) is 0 Å². The lowest BCUT2D eigenvalue weighted by Crippen LogP contribution is -2.40. The lowest BCUT2D eigenvalue weighted by molar-refractivity contribution is 0.0577. The number of rotatable bonds is 3. The number of aromatic carboxylic acids is 1. The predicted octanol–water partition coefficient (Wildman–Crippen LogP) is 1.77. The first-order valence-electron chi connectivity index (χ1n) is 8.14. The lowest BCUT2D eigenvalue weighted by Gasteiger charge is -2.32. The molecule has 8 nitrogen and oxygen atoms in total. The van der Waals surface area contributed by atoms with Crippen LogP contribution in [0.5, 0.6) is 0 Å². The van der Waals surface area contributed by atoms with Crippen molar-refractivity contribution in [2.45, 2.75) is 50.5 Å². The van der Waals surface area contributed by atoms with Gasteiger partial charge in [-0.1, -0.05) is 5.21 Å². The Morgan fingerprint density at radius 2 is 1.83 bits per heavy atom. The van der Waals surface area contributed by atoms with Gasteiger partial charge in [0.2, 0.25) is 0 Å². The Morgan fingerprint density at radius 3 is 2.43 bits per heavy atom. The van der Waals surface area contributed by atoms with Crippen LogP contribution < -0.4 is 0 Å². The summed E-state index contributed by atoms with van der Waals surface area (Å²) >= 11 is 0. The number of likely N-dealkylation sites (tertiary alicyclic amines) is 1. The van der Waals surface area contributed by atoms with Crippen molar-refractivity contribution < 1.29 is 19.4 Å². The molecular formula is C15H22N4O4. The number of amides is 1. The van der Waals surface area contributed by atoms with E-state index in [-0.39, 0.29) is 23.8 Å². The minimum absolute atomic E-state index is 0.0134. The van der Waals surface area contributed by atoms with E-state index in [1.54, 1.807) is 11.9 Å². The molecule has 0 aromatic carbocycles. The van der Waals surface area contributed by atoms with E-state index in [4.69, 9.17) is 4.74 Å². The summed E-state index contributed by atoms with van der Waals surface area (Å²) in [4.78, 5) is 25.1. The van der Waals surface area contributed by atoms with Crippen LogP contribution in [0.25, 0.3) is 0 Å². The van der Waals surface area contributed by atoms with E-state index >= 15 is 0 Å². The molecule has 0 spiro atoms. The van der Waals surface area contributed by atoms with Gasteiger partial charge < -0.3 is 14.7 Å². The summed E-state index contributed by atoms with van der Waals surface area (Å²) in [5, 5.41) is 16.7. The van der Waals surface area contributed by atoms with Crippen molar-refractivity contribution in [1.82, 2.24) is 19.9 Å². The summed E-state index contributed by atoms with van der Waals surface area (Å²) in [5.74, 6) is -1.01. The predicted molar refractivity (Wildman–Crippen MR) is 80.2 cm³/mol. The number of piperidine rings is 1. The number of carbonyl (C=O) groups is 2. The van der Waals surface area contributed by atoms with E-state index in [0.29, 0.717) is 31.6 Å². The highest BCUT2D eigenvalue weighted by Gasteiger charge is 2.31. The number of aryl methyl sites for hydroxylation is 1. The van der Waals surface area contributed by atoms with Gasteiger partial charge in [-0.2, -0.15) is 0 Å². The Labute approximate surface area is 134 Å². The average molecular weight is 322 g/mol. The minimum Gasteiger partial charge on any atom is -0.476 e. The summed E-state index contributed by atoms with van der Waals surface area (Å²) in [5.41, 5.74) is 0.654. The van der Waals surface area contributed by atoms with Gasteiger partial charge in [0.15, 0.2) is 5.69 Å². The molecule has 1 saturated heterocycles. The van der Waals surface area contributed by atoms with E-state index in [2.05, 4.69) is 10.3 Å². The van der Waals surface area contributed by atoms with Crippen LogP contribution >= 0.6 is 0 Å². The summed E-state index contributed by atoms with van der Waals surface area (Å²) in [6.45, 7) is 1.14. The van der Waals surface area contributed by atoms with E-state index < -0.39 is 5.97 Å². The largest absolute Gasteiger partial charge is 0.476 e. The van der Waals surface area contributed by atoms with Crippen LogP contribution in [-0.4, -0.2) is 56.3 Å². The Bertz CT molecular complexity index is 586. The van der Waals surface area contributed by atoms with Gasteiger partial charge in [0, 0.05) is 26.1 Å². The highest BCUT2D eigenvalue weighted by atomic mass is 16.6. The molecule has 8 heteroatoms. The molecule has 0 atom stereocenters. The first-order chi connectivity index (χ1) is 11.1. The Morgan fingerprint density at radius 1 is 1.17 bits per heavy atom. The minimum atomic E-state index is -1.06. The fraction of sp³-hybridized carbons (Fsp3) is 0.733. The van der Waals surface area contributed by atoms with Gasteiger partial charge >= 0.3 is 12.1 Å². The molecule has 0 bridgehead atoms. The van der Waals surface area contributed by atoms with Gasteiger partial charge in [0.1, 0.15) is 6.10 Å². The summed E-state index contributed by atoms with van der Waals surface area (Å²) < 4.78 is 7.05. The number of carbonyl (C=O) groups excluding carboxylic acids is 1. The van der Waals surface area contributed by atoms with Gasteiger partial charge in [-0.3, -0.25) is 4.68 Å². The number of aromatic nitrogens is 3. The molecule has 1 aliphatic heterocycles. The van der Waals surface area contributed by atoms with Gasteiger partial charge in [-0.15, -0.1) is 5.10 Å². The summed E-state index contributed by atoms with van der Waals surface area (Å²) in [6, 6.07) is 0. The van der Waals surface area contributed by atoms with Gasteiger partial charge in [-0.25, -0.2) is 9.59 Å². The number of carboxylic acids is 1. The van der Waals surface area contributed by atoms with Crippen molar-refractivity contribution in [2.75, 3.05) is 13.1 Å². The third-order valence-corrected chi connectivity index (χ3v) is 4.78. The molecule has 23 heavy (non-hydrogen) atoms. The van der Waals surface area contributed by atoms with Gasteiger partial charge in [-0.05, 0) is 38.5 Å². The second-order valence-electron chi connectivity index (χ2n) is 6.30. The van der Waals surface area contributed by atoms with E-state index in [0.717, 1.165) is 25.7 Å². The molecule has 1 saturated carbocycles. The highest BCUT2D eigenvalue weighted by Crippen LogP contribution is 2.30. The summed E-state index contributed by atoms with van der Waals surface area (Å²) in [7, 11) is 1.70. The molecule has 1 N–H and O–H groups in total. The fourth-order valence-electron chi connectivity index (χ4n) is 3.53. The molecule has 1 amide bonds. The monoisotopic (exact) mass is 322 g/mol. The second kappa shape index (κ2) is 6.55. The number of carboxylic acid groups (broad SMARTS) is 1. The maximum Gasteiger partial charge on any atom is 0.410 e. The molecular weight excluding hydrogens is 300 g/mol. The van der Waals surface area contributed by atoms with Crippen LogP contribution in [0.3, 0.4) is 0 Å². The standard InChI is InChI=1S/C15H22N4O4/c1-18-13(12(14(20)21)16-17-18)10-6-8-19(9-7-10)15(22)23-11-4-2-3-5-11/h10-11H,2-9H2,1H3,(H,20,21). The highest BCUT2D eigenvalue weighted by molar-refractivity contribution is 5.86. The van der Waals surface area contributed by atoms with E-state index in [1.165, 1.54) is 4.68 Å². The Kier molecular flexibility index (Phi) is 4.49. The number of hydrogen-bond donors (Lipinski definition) is 1. The first-order valence-corrected chi connectivity index (χ1v) is 8.14. The van der Waals surface area contributed by atoms with Crippen molar-refractivity contribution in [3.05, 3.63) is 11.4 Å². The molecule has 0 unspecified atom stereocenters. The van der Waals surface area contributed by atoms with Crippen LogP contribution in [0.2, 0.25) is 0 Å². The van der Waals surface area contributed by atoms with Crippen LogP contribution in [0, 0.1) is 0 Å². The molecule has 1 aromatic rings. The second-order valence-corrected chi connectivity index (χ2v) is 6.30. The molecule has 0 radical (unpaired) electrons. The van der Waals surface area contributed by atoms with Crippen molar-refractivity contribution >= 4 is 12.1 Å². The normalized spacial score (nSPS) is 20.0. The molecule has 2 heterocycles. The third kappa shape index (κ3) is 3.30. The Hall–Kier alpha value is -2.12. The zero-order valence-electron chi connectivity index (χ0n) is 13.3. The maximum absolute atomic E-state index is 12.2.